The Morgan fingerprint density at radius 2 is 1.82 bits per heavy atom. The zero-order valence-electron chi connectivity index (χ0n) is 21.3. The van der Waals surface area contributed by atoms with Gasteiger partial charge in [-0.1, -0.05) is 30.9 Å². The van der Waals surface area contributed by atoms with Crippen molar-refractivity contribution in [3.63, 3.8) is 0 Å². The summed E-state index contributed by atoms with van der Waals surface area (Å²) in [6.07, 6.45) is 5.07. The molecule has 0 saturated heterocycles. The van der Waals surface area contributed by atoms with Gasteiger partial charge in [0.2, 0.25) is 0 Å². The molecule has 1 amide bonds. The molecule has 1 N–H and O–H groups in total. The third-order valence-electron chi connectivity index (χ3n) is 5.67. The van der Waals surface area contributed by atoms with Crippen LogP contribution in [0.5, 0.6) is 11.5 Å². The Balaban J connectivity index is 1.71. The highest BCUT2D eigenvalue weighted by atomic mass is 16.5. The zero-order valence-corrected chi connectivity index (χ0v) is 21.3. The first kappa shape index (κ1) is 26.0. The van der Waals surface area contributed by atoms with Crippen molar-refractivity contribution < 1.29 is 14.3 Å². The number of hydrogen-bond acceptors (Lipinski definition) is 5. The van der Waals surface area contributed by atoms with Crippen LogP contribution in [0, 0.1) is 18.3 Å². The molecule has 7 heteroatoms. The molecule has 38 heavy (non-hydrogen) atoms. The van der Waals surface area contributed by atoms with E-state index in [1.54, 1.807) is 41.1 Å². The minimum atomic E-state index is -0.514. The number of anilines is 1. The van der Waals surface area contributed by atoms with E-state index < -0.39 is 5.91 Å². The zero-order chi connectivity index (χ0) is 26.9. The van der Waals surface area contributed by atoms with E-state index >= 15 is 0 Å². The largest absolute Gasteiger partial charge is 0.494 e. The van der Waals surface area contributed by atoms with Gasteiger partial charge in [0.05, 0.1) is 12.3 Å². The van der Waals surface area contributed by atoms with Gasteiger partial charge in [-0.3, -0.25) is 4.79 Å². The summed E-state index contributed by atoms with van der Waals surface area (Å²) >= 11 is 0. The van der Waals surface area contributed by atoms with Crippen molar-refractivity contribution in [3.05, 3.63) is 108 Å². The Morgan fingerprint density at radius 1 is 1.08 bits per heavy atom. The lowest BCUT2D eigenvalue weighted by Gasteiger charge is -2.09. The van der Waals surface area contributed by atoms with Gasteiger partial charge in [-0.05, 0) is 80.1 Å². The van der Waals surface area contributed by atoms with Crippen LogP contribution in [0.4, 0.5) is 5.69 Å². The Hall–Kier alpha value is -5.09. The number of benzene rings is 3. The summed E-state index contributed by atoms with van der Waals surface area (Å²) in [6.45, 7) is 8.51. The number of aromatic nitrogens is 2. The van der Waals surface area contributed by atoms with Gasteiger partial charge in [0, 0.05) is 23.0 Å². The molecule has 0 aliphatic heterocycles. The van der Waals surface area contributed by atoms with Gasteiger partial charge in [-0.2, -0.15) is 10.4 Å². The number of nitriles is 1. The quantitative estimate of drug-likeness (QED) is 0.154. The molecule has 7 nitrogen and oxygen atoms in total. The molecule has 1 heterocycles. The predicted molar refractivity (Wildman–Crippen MR) is 149 cm³/mol. The maximum absolute atomic E-state index is 13.0. The van der Waals surface area contributed by atoms with Gasteiger partial charge in [0.25, 0.3) is 5.91 Å². The van der Waals surface area contributed by atoms with Crippen molar-refractivity contribution >= 4 is 17.7 Å². The average Bonchev–Trinajstić information content (AvgIpc) is 3.35. The molecule has 0 aliphatic rings. The standard InChI is InChI=1S/C31H28N4O3/c1-4-17-38-28-15-16-29(22(3)18-28)30-24(21-35(34-30)26-9-7-6-8-10-26)19-23(20-32)31(36)33-25-11-13-27(14-12-25)37-5-2/h4,6-16,18-19,21H,1,5,17H2,2-3H3,(H,33,36). The van der Waals surface area contributed by atoms with Crippen molar-refractivity contribution in [1.82, 2.24) is 9.78 Å². The highest BCUT2D eigenvalue weighted by Crippen LogP contribution is 2.31. The van der Waals surface area contributed by atoms with Crippen LogP contribution in [0.2, 0.25) is 0 Å². The van der Waals surface area contributed by atoms with Crippen LogP contribution in [0.3, 0.4) is 0 Å². The second-order valence-electron chi connectivity index (χ2n) is 8.37. The van der Waals surface area contributed by atoms with Gasteiger partial charge in [-0.25, -0.2) is 4.68 Å². The van der Waals surface area contributed by atoms with E-state index in [0.29, 0.717) is 35.9 Å². The van der Waals surface area contributed by atoms with Gasteiger partial charge in [0.1, 0.15) is 35.4 Å². The molecule has 4 rings (SSSR count). The summed E-state index contributed by atoms with van der Waals surface area (Å²) in [5, 5.41) is 17.5. The van der Waals surface area contributed by atoms with E-state index in [2.05, 4.69) is 11.9 Å². The van der Waals surface area contributed by atoms with Crippen molar-refractivity contribution in [2.75, 3.05) is 18.5 Å². The van der Waals surface area contributed by atoms with Crippen molar-refractivity contribution in [1.29, 1.82) is 5.26 Å². The summed E-state index contributed by atoms with van der Waals surface area (Å²) in [6, 6.07) is 24.4. The summed E-state index contributed by atoms with van der Waals surface area (Å²) < 4.78 is 12.8. The highest BCUT2D eigenvalue weighted by Gasteiger charge is 2.17. The van der Waals surface area contributed by atoms with Crippen molar-refractivity contribution in [2.24, 2.45) is 0 Å². The molecule has 190 valence electrons. The second-order valence-corrected chi connectivity index (χ2v) is 8.37. The van der Waals surface area contributed by atoms with Crippen LogP contribution in [0.15, 0.2) is 97.2 Å². The lowest BCUT2D eigenvalue weighted by molar-refractivity contribution is -0.112. The number of carbonyl (C=O) groups excluding carboxylic acids is 1. The van der Waals surface area contributed by atoms with Crippen LogP contribution in [0.1, 0.15) is 18.1 Å². The number of nitrogens with zero attached hydrogens (tertiary/aromatic N) is 3. The molecule has 4 aromatic rings. The van der Waals surface area contributed by atoms with Gasteiger partial charge in [-0.15, -0.1) is 0 Å². The van der Waals surface area contributed by atoms with Crippen LogP contribution in [-0.4, -0.2) is 28.9 Å². The van der Waals surface area contributed by atoms with E-state index in [0.717, 1.165) is 22.6 Å². The van der Waals surface area contributed by atoms with E-state index in [9.17, 15) is 10.1 Å². The van der Waals surface area contributed by atoms with E-state index in [1.807, 2.05) is 74.6 Å². The topological polar surface area (TPSA) is 89.2 Å². The Bertz CT molecular complexity index is 1500. The fourth-order valence-corrected chi connectivity index (χ4v) is 3.87. The Kier molecular flexibility index (Phi) is 8.37. The van der Waals surface area contributed by atoms with Crippen molar-refractivity contribution in [2.45, 2.75) is 13.8 Å². The van der Waals surface area contributed by atoms with Crippen molar-refractivity contribution in [3.8, 4) is 34.5 Å². The number of nitrogens with one attached hydrogen (secondary N) is 1. The summed E-state index contributed by atoms with van der Waals surface area (Å²) in [5.41, 5.74) is 4.45. The average molecular weight is 505 g/mol. The number of rotatable bonds is 10. The van der Waals surface area contributed by atoms with E-state index in [4.69, 9.17) is 14.6 Å². The summed E-state index contributed by atoms with van der Waals surface area (Å²) in [7, 11) is 0. The normalized spacial score (nSPS) is 10.9. The monoisotopic (exact) mass is 504 g/mol. The molecule has 0 unspecified atom stereocenters. The van der Waals surface area contributed by atoms with Crippen LogP contribution >= 0.6 is 0 Å². The van der Waals surface area contributed by atoms with E-state index in [1.165, 1.54) is 0 Å². The summed E-state index contributed by atoms with van der Waals surface area (Å²) in [4.78, 5) is 13.0. The first-order valence-corrected chi connectivity index (χ1v) is 12.2. The maximum Gasteiger partial charge on any atom is 0.266 e. The van der Waals surface area contributed by atoms with Crippen LogP contribution in [-0.2, 0) is 4.79 Å². The minimum absolute atomic E-state index is 0.0451. The molecule has 1 aromatic heterocycles. The van der Waals surface area contributed by atoms with Crippen LogP contribution < -0.4 is 14.8 Å². The minimum Gasteiger partial charge on any atom is -0.494 e. The highest BCUT2D eigenvalue weighted by molar-refractivity contribution is 6.10. The van der Waals surface area contributed by atoms with Crippen LogP contribution in [0.25, 0.3) is 23.0 Å². The van der Waals surface area contributed by atoms with Gasteiger partial charge >= 0.3 is 0 Å². The third kappa shape index (κ3) is 6.18. The SMILES string of the molecule is C=CCOc1ccc(-c2nn(-c3ccccc3)cc2C=C(C#N)C(=O)Nc2ccc(OCC)cc2)c(C)c1. The van der Waals surface area contributed by atoms with Gasteiger partial charge in [0.15, 0.2) is 0 Å². The first-order chi connectivity index (χ1) is 18.5. The van der Waals surface area contributed by atoms with E-state index in [-0.39, 0.29) is 5.57 Å². The molecule has 0 bridgehead atoms. The molecular weight excluding hydrogens is 476 g/mol. The second kappa shape index (κ2) is 12.2. The molecule has 0 aliphatic carbocycles. The lowest BCUT2D eigenvalue weighted by atomic mass is 10.0. The number of ether oxygens (including phenoxy) is 2. The fourth-order valence-electron chi connectivity index (χ4n) is 3.87. The predicted octanol–water partition coefficient (Wildman–Crippen LogP) is 6.36. The smallest absolute Gasteiger partial charge is 0.266 e. The fraction of sp³-hybridized carbons (Fsp3) is 0.129. The van der Waals surface area contributed by atoms with Gasteiger partial charge < -0.3 is 14.8 Å². The molecular formula is C31H28N4O3. The Labute approximate surface area is 222 Å². The molecule has 0 spiro atoms. The number of hydrogen-bond donors (Lipinski definition) is 1. The molecule has 0 atom stereocenters. The molecule has 3 aromatic carbocycles. The first-order valence-electron chi connectivity index (χ1n) is 12.2. The Morgan fingerprint density at radius 3 is 2.47 bits per heavy atom. The lowest BCUT2D eigenvalue weighted by Crippen LogP contribution is -2.13. The molecule has 0 saturated carbocycles. The number of para-hydroxylation sites is 1. The number of carbonyl (C=O) groups is 1. The number of aryl methyl sites for hydroxylation is 1. The summed E-state index contributed by atoms with van der Waals surface area (Å²) in [5.74, 6) is 0.911. The molecule has 0 radical (unpaired) electrons. The third-order valence-corrected chi connectivity index (χ3v) is 5.67. The number of amides is 1. The molecule has 0 fully saturated rings. The maximum atomic E-state index is 13.0.